The minimum absolute atomic E-state index is 0.297. The first-order chi connectivity index (χ1) is 9.81. The molecule has 5 nitrogen and oxygen atoms in total. The summed E-state index contributed by atoms with van der Waals surface area (Å²) in [5, 5.41) is 4.22. The van der Waals surface area contributed by atoms with Gasteiger partial charge in [0.2, 0.25) is 0 Å². The third kappa shape index (κ3) is 2.53. The summed E-state index contributed by atoms with van der Waals surface area (Å²) in [5.74, 6) is 1.59. The second-order valence-electron chi connectivity index (χ2n) is 4.68. The van der Waals surface area contributed by atoms with Crippen LogP contribution in [0, 0.1) is 0 Å². The Morgan fingerprint density at radius 2 is 2.15 bits per heavy atom. The average molecular weight is 294 g/mol. The Balaban J connectivity index is 1.84. The molecule has 1 aliphatic heterocycles. The van der Waals surface area contributed by atoms with E-state index < -0.39 is 0 Å². The van der Waals surface area contributed by atoms with Crippen molar-refractivity contribution in [3.05, 3.63) is 12.1 Å². The number of ether oxygens (including phenoxy) is 3. The number of fused-ring (bicyclic) bond motifs is 1. The van der Waals surface area contributed by atoms with Crippen LogP contribution in [0.1, 0.15) is 12.8 Å². The van der Waals surface area contributed by atoms with Crippen LogP contribution >= 0.6 is 11.3 Å². The van der Waals surface area contributed by atoms with Crippen LogP contribution in [0.4, 0.5) is 5.13 Å². The second kappa shape index (κ2) is 5.85. The summed E-state index contributed by atoms with van der Waals surface area (Å²) in [6, 6.07) is 3.79. The summed E-state index contributed by atoms with van der Waals surface area (Å²) < 4.78 is 17.3. The van der Waals surface area contributed by atoms with Crippen molar-refractivity contribution in [2.24, 2.45) is 0 Å². The fourth-order valence-corrected chi connectivity index (χ4v) is 3.35. The van der Waals surface area contributed by atoms with Crippen LogP contribution in [0.5, 0.6) is 11.5 Å². The molecule has 1 fully saturated rings. The molecule has 1 aromatic heterocycles. The maximum atomic E-state index is 5.60. The highest BCUT2D eigenvalue weighted by Crippen LogP contribution is 2.38. The third-order valence-electron chi connectivity index (χ3n) is 3.42. The van der Waals surface area contributed by atoms with Crippen molar-refractivity contribution in [2.75, 3.05) is 32.7 Å². The molecule has 1 atom stereocenters. The first kappa shape index (κ1) is 13.5. The Morgan fingerprint density at radius 1 is 1.35 bits per heavy atom. The molecule has 0 amide bonds. The van der Waals surface area contributed by atoms with Crippen LogP contribution in [0.3, 0.4) is 0 Å². The van der Waals surface area contributed by atoms with Crippen LogP contribution < -0.4 is 14.8 Å². The maximum absolute atomic E-state index is 5.60. The molecule has 3 rings (SSSR count). The van der Waals surface area contributed by atoms with Gasteiger partial charge in [-0.05, 0) is 25.0 Å². The van der Waals surface area contributed by atoms with Gasteiger partial charge < -0.3 is 19.5 Å². The summed E-state index contributed by atoms with van der Waals surface area (Å²) in [6.45, 7) is 1.66. The summed E-state index contributed by atoms with van der Waals surface area (Å²) in [6.07, 6.45) is 2.56. The van der Waals surface area contributed by atoms with Crippen molar-refractivity contribution in [1.29, 1.82) is 0 Å². The lowest BCUT2D eigenvalue weighted by molar-refractivity contribution is 0.120. The quantitative estimate of drug-likeness (QED) is 0.919. The molecular formula is C14H18N2O3S. The van der Waals surface area contributed by atoms with Gasteiger partial charge in [0.1, 0.15) is 21.7 Å². The number of rotatable bonds is 5. The van der Waals surface area contributed by atoms with Crippen LogP contribution in [0.25, 0.3) is 10.2 Å². The average Bonchev–Trinajstić information content (AvgIpc) is 3.12. The number of aromatic nitrogens is 1. The van der Waals surface area contributed by atoms with Gasteiger partial charge in [-0.2, -0.15) is 0 Å². The van der Waals surface area contributed by atoms with Crippen molar-refractivity contribution in [3.8, 4) is 11.5 Å². The number of hydrogen-bond acceptors (Lipinski definition) is 6. The SMILES string of the molecule is COc1ccc(OC)c2sc(NCC3CCCO3)nc12. The molecule has 2 aromatic rings. The minimum Gasteiger partial charge on any atom is -0.495 e. The first-order valence-electron chi connectivity index (χ1n) is 6.69. The van der Waals surface area contributed by atoms with E-state index in [0.717, 1.165) is 52.8 Å². The Labute approximate surface area is 121 Å². The Morgan fingerprint density at radius 3 is 2.85 bits per heavy atom. The van der Waals surface area contributed by atoms with Gasteiger partial charge in [-0.3, -0.25) is 0 Å². The van der Waals surface area contributed by atoms with Gasteiger partial charge in [-0.1, -0.05) is 11.3 Å². The van der Waals surface area contributed by atoms with E-state index in [0.29, 0.717) is 6.10 Å². The van der Waals surface area contributed by atoms with Crippen molar-refractivity contribution in [2.45, 2.75) is 18.9 Å². The normalized spacial score (nSPS) is 18.4. The van der Waals surface area contributed by atoms with Crippen molar-refractivity contribution in [3.63, 3.8) is 0 Å². The topological polar surface area (TPSA) is 52.6 Å². The van der Waals surface area contributed by atoms with Gasteiger partial charge in [0, 0.05) is 13.2 Å². The Kier molecular flexibility index (Phi) is 3.93. The molecule has 2 heterocycles. The zero-order valence-corrected chi connectivity index (χ0v) is 12.5. The van der Waals surface area contributed by atoms with E-state index in [1.54, 1.807) is 25.6 Å². The molecule has 20 heavy (non-hydrogen) atoms. The number of thiazole rings is 1. The minimum atomic E-state index is 0.297. The summed E-state index contributed by atoms with van der Waals surface area (Å²) in [7, 11) is 3.32. The molecule has 1 saturated heterocycles. The van der Waals surface area contributed by atoms with E-state index in [4.69, 9.17) is 14.2 Å². The highest BCUT2D eigenvalue weighted by Gasteiger charge is 2.17. The zero-order valence-electron chi connectivity index (χ0n) is 11.6. The largest absolute Gasteiger partial charge is 0.495 e. The molecular weight excluding hydrogens is 276 g/mol. The molecule has 6 heteroatoms. The Bertz CT molecular complexity index is 552. The first-order valence-corrected chi connectivity index (χ1v) is 7.50. The van der Waals surface area contributed by atoms with Gasteiger partial charge >= 0.3 is 0 Å². The molecule has 108 valence electrons. The second-order valence-corrected chi connectivity index (χ2v) is 5.68. The molecule has 0 radical (unpaired) electrons. The lowest BCUT2D eigenvalue weighted by atomic mass is 10.2. The number of nitrogens with zero attached hydrogens (tertiary/aromatic N) is 1. The van der Waals surface area contributed by atoms with E-state index in [-0.39, 0.29) is 0 Å². The maximum Gasteiger partial charge on any atom is 0.184 e. The molecule has 0 spiro atoms. The number of benzene rings is 1. The zero-order chi connectivity index (χ0) is 13.9. The van der Waals surface area contributed by atoms with Gasteiger partial charge in [-0.15, -0.1) is 0 Å². The number of methoxy groups -OCH3 is 2. The molecule has 0 bridgehead atoms. The third-order valence-corrected chi connectivity index (χ3v) is 4.44. The molecule has 1 unspecified atom stereocenters. The molecule has 1 aliphatic rings. The van der Waals surface area contributed by atoms with Crippen LogP contribution in [0.15, 0.2) is 12.1 Å². The Hall–Kier alpha value is -1.53. The highest BCUT2D eigenvalue weighted by atomic mass is 32.1. The monoisotopic (exact) mass is 294 g/mol. The molecule has 1 N–H and O–H groups in total. The lowest BCUT2D eigenvalue weighted by Gasteiger charge is -2.08. The van der Waals surface area contributed by atoms with E-state index in [1.165, 1.54) is 0 Å². The molecule has 1 aromatic carbocycles. The van der Waals surface area contributed by atoms with E-state index in [2.05, 4.69) is 10.3 Å². The van der Waals surface area contributed by atoms with Gasteiger partial charge in [-0.25, -0.2) is 4.98 Å². The highest BCUT2D eigenvalue weighted by molar-refractivity contribution is 7.22. The van der Waals surface area contributed by atoms with E-state index in [9.17, 15) is 0 Å². The van der Waals surface area contributed by atoms with Gasteiger partial charge in [0.25, 0.3) is 0 Å². The molecule has 0 aliphatic carbocycles. The summed E-state index contributed by atoms with van der Waals surface area (Å²) >= 11 is 1.58. The van der Waals surface area contributed by atoms with Crippen LogP contribution in [-0.2, 0) is 4.74 Å². The van der Waals surface area contributed by atoms with Gasteiger partial charge in [0.15, 0.2) is 5.13 Å². The number of anilines is 1. The van der Waals surface area contributed by atoms with E-state index in [1.807, 2.05) is 12.1 Å². The predicted octanol–water partition coefficient (Wildman–Crippen LogP) is 2.90. The summed E-state index contributed by atoms with van der Waals surface area (Å²) in [5.41, 5.74) is 0.840. The van der Waals surface area contributed by atoms with E-state index >= 15 is 0 Å². The lowest BCUT2D eigenvalue weighted by Crippen LogP contribution is -2.18. The van der Waals surface area contributed by atoms with Crippen molar-refractivity contribution < 1.29 is 14.2 Å². The van der Waals surface area contributed by atoms with Gasteiger partial charge in [0.05, 0.1) is 20.3 Å². The van der Waals surface area contributed by atoms with Crippen LogP contribution in [-0.4, -0.2) is 38.5 Å². The standard InChI is InChI=1S/C14H18N2O3S/c1-17-10-5-6-11(18-2)13-12(10)16-14(20-13)15-8-9-4-3-7-19-9/h5-6,9H,3-4,7-8H2,1-2H3,(H,15,16). The smallest absolute Gasteiger partial charge is 0.184 e. The van der Waals surface area contributed by atoms with Crippen LogP contribution in [0.2, 0.25) is 0 Å². The fraction of sp³-hybridized carbons (Fsp3) is 0.500. The number of nitrogens with one attached hydrogen (secondary N) is 1. The van der Waals surface area contributed by atoms with Crippen molar-refractivity contribution >= 4 is 26.7 Å². The fourth-order valence-electron chi connectivity index (χ4n) is 2.37. The number of hydrogen-bond donors (Lipinski definition) is 1. The molecule has 0 saturated carbocycles. The van der Waals surface area contributed by atoms with Crippen molar-refractivity contribution in [1.82, 2.24) is 4.98 Å². The predicted molar refractivity (Wildman–Crippen MR) is 80.2 cm³/mol. The summed E-state index contributed by atoms with van der Waals surface area (Å²) in [4.78, 5) is 4.60.